The first-order chi connectivity index (χ1) is 7.85. The lowest BCUT2D eigenvalue weighted by Gasteiger charge is -2.29. The largest absolute Gasteiger partial charge is 0.354 e. The molecule has 3 heteroatoms. The number of nitrogens with zero attached hydrogens (tertiary/aromatic N) is 2. The smallest absolute Gasteiger partial charge is 0.129 e. The Hall–Kier alpha value is -0.760. The van der Waals surface area contributed by atoms with Gasteiger partial charge in [-0.05, 0) is 37.5 Å². The van der Waals surface area contributed by atoms with Crippen molar-refractivity contribution in [3.05, 3.63) is 23.9 Å². The third-order valence-corrected chi connectivity index (χ3v) is 3.67. The van der Waals surface area contributed by atoms with E-state index in [1.807, 2.05) is 12.3 Å². The van der Waals surface area contributed by atoms with Gasteiger partial charge in [-0.3, -0.25) is 0 Å². The lowest BCUT2D eigenvalue weighted by atomic mass is 10.2. The zero-order chi connectivity index (χ0) is 11.4. The van der Waals surface area contributed by atoms with Crippen molar-refractivity contribution in [3.8, 4) is 0 Å². The van der Waals surface area contributed by atoms with E-state index in [2.05, 4.69) is 22.9 Å². The molecule has 0 saturated heterocycles. The van der Waals surface area contributed by atoms with Gasteiger partial charge in [0.1, 0.15) is 5.82 Å². The van der Waals surface area contributed by atoms with Gasteiger partial charge in [0.15, 0.2) is 0 Å². The van der Waals surface area contributed by atoms with Crippen molar-refractivity contribution in [2.45, 2.75) is 44.5 Å². The van der Waals surface area contributed by atoms with Crippen LogP contribution in [-0.2, 0) is 5.88 Å². The molecule has 1 fully saturated rings. The topological polar surface area (TPSA) is 16.1 Å². The maximum atomic E-state index is 5.86. The molecule has 0 radical (unpaired) electrons. The minimum Gasteiger partial charge on any atom is -0.354 e. The van der Waals surface area contributed by atoms with E-state index in [-0.39, 0.29) is 0 Å². The summed E-state index contributed by atoms with van der Waals surface area (Å²) in [7, 11) is 0. The van der Waals surface area contributed by atoms with Crippen LogP contribution >= 0.6 is 11.6 Å². The van der Waals surface area contributed by atoms with Crippen LogP contribution in [0.5, 0.6) is 0 Å². The molecular weight excluding hydrogens is 220 g/mol. The van der Waals surface area contributed by atoms with Crippen LogP contribution in [0.1, 0.15) is 38.2 Å². The van der Waals surface area contributed by atoms with Crippen LogP contribution in [0.15, 0.2) is 18.3 Å². The van der Waals surface area contributed by atoms with E-state index in [9.17, 15) is 0 Å². The van der Waals surface area contributed by atoms with E-state index in [1.54, 1.807) is 0 Å². The van der Waals surface area contributed by atoms with E-state index in [0.717, 1.165) is 17.9 Å². The van der Waals surface area contributed by atoms with Gasteiger partial charge in [-0.25, -0.2) is 4.98 Å². The minimum absolute atomic E-state index is 0.567. The Morgan fingerprint density at radius 1 is 1.44 bits per heavy atom. The molecule has 1 aromatic heterocycles. The predicted octanol–water partition coefficient (Wildman–Crippen LogP) is 3.59. The first-order valence-electron chi connectivity index (χ1n) is 6.12. The second kappa shape index (κ2) is 5.53. The molecule has 0 N–H and O–H groups in total. The highest BCUT2D eigenvalue weighted by atomic mass is 35.5. The summed E-state index contributed by atoms with van der Waals surface area (Å²) in [5, 5.41) is 0. The molecule has 2 rings (SSSR count). The molecule has 1 aromatic rings. The maximum absolute atomic E-state index is 5.86. The van der Waals surface area contributed by atoms with Crippen molar-refractivity contribution < 1.29 is 0 Å². The highest BCUT2D eigenvalue weighted by molar-refractivity contribution is 6.17. The second-order valence-corrected chi connectivity index (χ2v) is 4.65. The lowest BCUT2D eigenvalue weighted by molar-refractivity contribution is 0.613. The van der Waals surface area contributed by atoms with Crippen LogP contribution in [0.2, 0.25) is 0 Å². The number of halogens is 1. The van der Waals surface area contributed by atoms with Gasteiger partial charge in [-0.2, -0.15) is 0 Å². The monoisotopic (exact) mass is 238 g/mol. The zero-order valence-corrected chi connectivity index (χ0v) is 10.6. The Labute approximate surface area is 103 Å². The van der Waals surface area contributed by atoms with Gasteiger partial charge in [-0.15, -0.1) is 11.6 Å². The molecule has 0 unspecified atom stereocenters. The highest BCUT2D eigenvalue weighted by Gasteiger charge is 2.22. The molecule has 88 valence electrons. The van der Waals surface area contributed by atoms with Crippen LogP contribution in [0.3, 0.4) is 0 Å². The molecule has 1 aliphatic rings. The number of rotatable bonds is 4. The molecular formula is C13H19ClN2. The Kier molecular flexibility index (Phi) is 4.05. The average molecular weight is 239 g/mol. The first-order valence-corrected chi connectivity index (χ1v) is 6.66. The Balaban J connectivity index is 2.18. The molecule has 0 aromatic carbocycles. The van der Waals surface area contributed by atoms with Gasteiger partial charge < -0.3 is 4.90 Å². The number of alkyl halides is 1. The SMILES string of the molecule is CCN(c1cc(CCl)ccn1)C1CCCC1. The molecule has 0 amide bonds. The van der Waals surface area contributed by atoms with Crippen molar-refractivity contribution in [2.24, 2.45) is 0 Å². The van der Waals surface area contributed by atoms with Gasteiger partial charge in [0, 0.05) is 24.7 Å². The third kappa shape index (κ3) is 2.49. The van der Waals surface area contributed by atoms with Crippen molar-refractivity contribution in [1.29, 1.82) is 0 Å². The summed E-state index contributed by atoms with van der Waals surface area (Å²) < 4.78 is 0. The fourth-order valence-electron chi connectivity index (χ4n) is 2.52. The molecule has 1 saturated carbocycles. The lowest BCUT2D eigenvalue weighted by Crippen LogP contribution is -2.33. The average Bonchev–Trinajstić information content (AvgIpc) is 2.84. The molecule has 1 aliphatic carbocycles. The van der Waals surface area contributed by atoms with Crippen LogP contribution in [0, 0.1) is 0 Å². The van der Waals surface area contributed by atoms with E-state index >= 15 is 0 Å². The van der Waals surface area contributed by atoms with Crippen LogP contribution < -0.4 is 4.90 Å². The van der Waals surface area contributed by atoms with E-state index in [0.29, 0.717) is 11.9 Å². The number of pyridine rings is 1. The summed E-state index contributed by atoms with van der Waals surface area (Å²) in [6, 6.07) is 4.79. The Bertz CT molecular complexity index is 334. The molecule has 1 heterocycles. The van der Waals surface area contributed by atoms with Gasteiger partial charge in [-0.1, -0.05) is 12.8 Å². The van der Waals surface area contributed by atoms with E-state index in [1.165, 1.54) is 25.7 Å². The van der Waals surface area contributed by atoms with Gasteiger partial charge in [0.05, 0.1) is 0 Å². The standard InChI is InChI=1S/C13H19ClN2/c1-2-16(12-5-3-4-6-12)13-9-11(10-14)7-8-15-13/h7-9,12H,2-6,10H2,1H3. The maximum Gasteiger partial charge on any atom is 0.129 e. The van der Waals surface area contributed by atoms with Crippen molar-refractivity contribution in [1.82, 2.24) is 4.98 Å². The highest BCUT2D eigenvalue weighted by Crippen LogP contribution is 2.27. The van der Waals surface area contributed by atoms with Gasteiger partial charge in [0.25, 0.3) is 0 Å². The molecule has 0 atom stereocenters. The summed E-state index contributed by atoms with van der Waals surface area (Å²) >= 11 is 5.86. The summed E-state index contributed by atoms with van der Waals surface area (Å²) in [5.41, 5.74) is 1.16. The van der Waals surface area contributed by atoms with Gasteiger partial charge >= 0.3 is 0 Å². The normalized spacial score (nSPS) is 16.6. The van der Waals surface area contributed by atoms with Crippen LogP contribution in [0.25, 0.3) is 0 Å². The second-order valence-electron chi connectivity index (χ2n) is 4.38. The van der Waals surface area contributed by atoms with Crippen molar-refractivity contribution in [3.63, 3.8) is 0 Å². The predicted molar refractivity (Wildman–Crippen MR) is 69.1 cm³/mol. The fourth-order valence-corrected chi connectivity index (χ4v) is 2.69. The minimum atomic E-state index is 0.567. The molecule has 2 nitrogen and oxygen atoms in total. The summed E-state index contributed by atoms with van der Waals surface area (Å²) in [4.78, 5) is 6.89. The molecule has 0 spiro atoms. The summed E-state index contributed by atoms with van der Waals surface area (Å²) in [6.07, 6.45) is 7.19. The summed E-state index contributed by atoms with van der Waals surface area (Å²) in [6.45, 7) is 3.23. The summed E-state index contributed by atoms with van der Waals surface area (Å²) in [5.74, 6) is 1.66. The van der Waals surface area contributed by atoms with Crippen molar-refractivity contribution in [2.75, 3.05) is 11.4 Å². The van der Waals surface area contributed by atoms with Crippen LogP contribution in [0.4, 0.5) is 5.82 Å². The van der Waals surface area contributed by atoms with E-state index < -0.39 is 0 Å². The molecule has 16 heavy (non-hydrogen) atoms. The number of hydrogen-bond acceptors (Lipinski definition) is 2. The molecule has 0 bridgehead atoms. The number of anilines is 1. The Morgan fingerprint density at radius 3 is 2.81 bits per heavy atom. The van der Waals surface area contributed by atoms with Crippen molar-refractivity contribution >= 4 is 17.4 Å². The molecule has 0 aliphatic heterocycles. The third-order valence-electron chi connectivity index (χ3n) is 3.36. The Morgan fingerprint density at radius 2 is 2.19 bits per heavy atom. The quantitative estimate of drug-likeness (QED) is 0.746. The first kappa shape index (κ1) is 11.7. The number of aromatic nitrogens is 1. The number of hydrogen-bond donors (Lipinski definition) is 0. The fraction of sp³-hybridized carbons (Fsp3) is 0.615. The zero-order valence-electron chi connectivity index (χ0n) is 9.82. The van der Waals surface area contributed by atoms with Gasteiger partial charge in [0.2, 0.25) is 0 Å². The van der Waals surface area contributed by atoms with E-state index in [4.69, 9.17) is 11.6 Å². The van der Waals surface area contributed by atoms with Crippen LogP contribution in [-0.4, -0.2) is 17.6 Å².